The molecule has 0 amide bonds. The van der Waals surface area contributed by atoms with Crippen molar-refractivity contribution in [2.75, 3.05) is 0 Å². The number of rotatable bonds is 2. The summed E-state index contributed by atoms with van der Waals surface area (Å²) in [5.74, 6) is 0.452. The predicted octanol–water partition coefficient (Wildman–Crippen LogP) is 4.99. The summed E-state index contributed by atoms with van der Waals surface area (Å²) in [6, 6.07) is 7.09. The lowest BCUT2D eigenvalue weighted by Gasteiger charge is -2.27. The fraction of sp³-hybridized carbons (Fsp3) is 0.700. The van der Waals surface area contributed by atoms with Gasteiger partial charge in [-0.25, -0.2) is 0 Å². The average molecular weight is 288 g/mol. The van der Waals surface area contributed by atoms with Gasteiger partial charge in [0.1, 0.15) is 0 Å². The number of benzene rings is 1. The van der Waals surface area contributed by atoms with Crippen LogP contribution in [0.25, 0.3) is 0 Å². The molecule has 21 heavy (non-hydrogen) atoms. The summed E-state index contributed by atoms with van der Waals surface area (Å²) >= 11 is 0. The third-order valence-corrected chi connectivity index (χ3v) is 4.84. The van der Waals surface area contributed by atoms with Crippen molar-refractivity contribution in [3.8, 4) is 0 Å². The van der Waals surface area contributed by atoms with E-state index in [4.69, 9.17) is 0 Å². The standard InChI is InChI=1S/C20H32O/c1-19(2,3)16-11-14(10-15-8-7-9-18(15)21)12-17(13-16)20(4,5)6/h11-13,15,18,21H,7-10H2,1-6H3. The van der Waals surface area contributed by atoms with Crippen LogP contribution >= 0.6 is 0 Å². The van der Waals surface area contributed by atoms with Gasteiger partial charge in [-0.2, -0.15) is 0 Å². The summed E-state index contributed by atoms with van der Waals surface area (Å²) in [6.07, 6.45) is 4.26. The number of hydrogen-bond acceptors (Lipinski definition) is 1. The number of aliphatic hydroxyl groups excluding tert-OH is 1. The van der Waals surface area contributed by atoms with Crippen molar-refractivity contribution in [2.45, 2.75) is 84.2 Å². The van der Waals surface area contributed by atoms with Crippen LogP contribution in [0.1, 0.15) is 77.5 Å². The molecule has 0 aliphatic heterocycles. The SMILES string of the molecule is CC(C)(C)c1cc(CC2CCCC2O)cc(C(C)(C)C)c1. The van der Waals surface area contributed by atoms with Crippen LogP contribution < -0.4 is 0 Å². The number of hydrogen-bond donors (Lipinski definition) is 1. The first-order chi connectivity index (χ1) is 9.57. The highest BCUT2D eigenvalue weighted by atomic mass is 16.3. The van der Waals surface area contributed by atoms with E-state index >= 15 is 0 Å². The van der Waals surface area contributed by atoms with E-state index in [1.54, 1.807) is 0 Å². The molecule has 0 heterocycles. The molecule has 2 unspecified atom stereocenters. The van der Waals surface area contributed by atoms with E-state index < -0.39 is 0 Å². The average Bonchev–Trinajstić information content (AvgIpc) is 2.72. The first kappa shape index (κ1) is 16.5. The summed E-state index contributed by atoms with van der Waals surface area (Å²) in [7, 11) is 0. The minimum Gasteiger partial charge on any atom is -0.393 e. The molecule has 1 aromatic rings. The van der Waals surface area contributed by atoms with Gasteiger partial charge in [-0.1, -0.05) is 66.2 Å². The highest BCUT2D eigenvalue weighted by Crippen LogP contribution is 2.33. The second-order valence-electron chi connectivity index (χ2n) is 8.88. The van der Waals surface area contributed by atoms with Crippen molar-refractivity contribution >= 4 is 0 Å². The normalized spacial score (nSPS) is 23.6. The largest absolute Gasteiger partial charge is 0.393 e. The maximum absolute atomic E-state index is 10.1. The van der Waals surface area contributed by atoms with Crippen LogP contribution in [-0.2, 0) is 17.3 Å². The molecule has 1 nitrogen and oxygen atoms in total. The Hall–Kier alpha value is -0.820. The van der Waals surface area contributed by atoms with Crippen LogP contribution in [0.5, 0.6) is 0 Å². The van der Waals surface area contributed by atoms with Gasteiger partial charge in [0.05, 0.1) is 6.10 Å². The fourth-order valence-corrected chi connectivity index (χ4v) is 3.23. The minimum atomic E-state index is -0.0959. The van der Waals surface area contributed by atoms with Gasteiger partial charge in [0.15, 0.2) is 0 Å². The molecule has 1 aromatic carbocycles. The molecular formula is C20H32O. The molecule has 0 saturated heterocycles. The van der Waals surface area contributed by atoms with Crippen LogP contribution in [0.4, 0.5) is 0 Å². The third kappa shape index (κ3) is 4.10. The molecule has 0 bridgehead atoms. The molecule has 2 atom stereocenters. The van der Waals surface area contributed by atoms with Crippen LogP contribution in [0.3, 0.4) is 0 Å². The Morgan fingerprint density at radius 2 is 1.43 bits per heavy atom. The lowest BCUT2D eigenvalue weighted by Crippen LogP contribution is -2.19. The van der Waals surface area contributed by atoms with E-state index in [0.29, 0.717) is 5.92 Å². The Morgan fingerprint density at radius 1 is 0.905 bits per heavy atom. The highest BCUT2D eigenvalue weighted by molar-refractivity contribution is 5.37. The summed E-state index contributed by atoms with van der Waals surface area (Å²) in [5.41, 5.74) is 4.57. The maximum Gasteiger partial charge on any atom is 0.0571 e. The molecule has 0 aromatic heterocycles. The van der Waals surface area contributed by atoms with E-state index in [1.807, 2.05) is 0 Å². The Balaban J connectivity index is 2.36. The lowest BCUT2D eigenvalue weighted by molar-refractivity contribution is 0.132. The fourth-order valence-electron chi connectivity index (χ4n) is 3.23. The molecule has 1 fully saturated rings. The van der Waals surface area contributed by atoms with Crippen LogP contribution in [0, 0.1) is 5.92 Å². The van der Waals surface area contributed by atoms with Crippen molar-refractivity contribution in [1.82, 2.24) is 0 Å². The zero-order valence-corrected chi connectivity index (χ0v) is 14.7. The van der Waals surface area contributed by atoms with Gasteiger partial charge in [0, 0.05) is 0 Å². The summed E-state index contributed by atoms with van der Waals surface area (Å²) in [4.78, 5) is 0. The summed E-state index contributed by atoms with van der Waals surface area (Å²) in [5, 5.41) is 10.1. The second-order valence-corrected chi connectivity index (χ2v) is 8.88. The monoisotopic (exact) mass is 288 g/mol. The van der Waals surface area contributed by atoms with Crippen LogP contribution in [0.15, 0.2) is 18.2 Å². The molecular weight excluding hydrogens is 256 g/mol. The molecule has 1 heteroatoms. The summed E-state index contributed by atoms with van der Waals surface area (Å²) < 4.78 is 0. The van der Waals surface area contributed by atoms with Crippen molar-refractivity contribution in [3.05, 3.63) is 34.9 Å². The topological polar surface area (TPSA) is 20.2 Å². The molecule has 0 radical (unpaired) electrons. The first-order valence-electron chi connectivity index (χ1n) is 8.40. The Bertz CT molecular complexity index is 455. The van der Waals surface area contributed by atoms with Gasteiger partial charge >= 0.3 is 0 Å². The van der Waals surface area contributed by atoms with Gasteiger partial charge in [0.25, 0.3) is 0 Å². The van der Waals surface area contributed by atoms with Crippen molar-refractivity contribution in [1.29, 1.82) is 0 Å². The molecule has 118 valence electrons. The van der Waals surface area contributed by atoms with E-state index in [0.717, 1.165) is 12.8 Å². The Morgan fingerprint density at radius 3 is 1.81 bits per heavy atom. The van der Waals surface area contributed by atoms with Crippen molar-refractivity contribution in [2.24, 2.45) is 5.92 Å². The lowest BCUT2D eigenvalue weighted by atomic mass is 9.78. The van der Waals surface area contributed by atoms with Gasteiger partial charge in [0.2, 0.25) is 0 Å². The van der Waals surface area contributed by atoms with E-state index in [1.165, 1.54) is 29.5 Å². The van der Waals surface area contributed by atoms with Gasteiger partial charge in [-0.15, -0.1) is 0 Å². The van der Waals surface area contributed by atoms with Crippen LogP contribution in [-0.4, -0.2) is 11.2 Å². The molecule has 2 rings (SSSR count). The smallest absolute Gasteiger partial charge is 0.0571 e. The molecule has 0 spiro atoms. The molecule has 1 aliphatic rings. The highest BCUT2D eigenvalue weighted by Gasteiger charge is 2.27. The zero-order chi connectivity index (χ0) is 15.8. The third-order valence-electron chi connectivity index (χ3n) is 4.84. The second kappa shape index (κ2) is 5.76. The van der Waals surface area contributed by atoms with Gasteiger partial charge < -0.3 is 5.11 Å². The van der Waals surface area contributed by atoms with E-state index in [2.05, 4.69) is 59.7 Å². The maximum atomic E-state index is 10.1. The Labute approximate surface area is 130 Å². The first-order valence-corrected chi connectivity index (χ1v) is 8.40. The van der Waals surface area contributed by atoms with E-state index in [-0.39, 0.29) is 16.9 Å². The van der Waals surface area contributed by atoms with E-state index in [9.17, 15) is 5.11 Å². The van der Waals surface area contributed by atoms with Gasteiger partial charge in [-0.05, 0) is 52.7 Å². The minimum absolute atomic E-state index is 0.0959. The van der Waals surface area contributed by atoms with Gasteiger partial charge in [-0.3, -0.25) is 0 Å². The van der Waals surface area contributed by atoms with Crippen LogP contribution in [0.2, 0.25) is 0 Å². The van der Waals surface area contributed by atoms with Crippen molar-refractivity contribution < 1.29 is 5.11 Å². The predicted molar refractivity (Wildman–Crippen MR) is 90.9 cm³/mol. The van der Waals surface area contributed by atoms with Crippen molar-refractivity contribution in [3.63, 3.8) is 0 Å². The molecule has 1 saturated carbocycles. The number of aliphatic hydroxyl groups is 1. The molecule has 1 N–H and O–H groups in total. The molecule has 1 aliphatic carbocycles. The summed E-state index contributed by atoms with van der Waals surface area (Å²) in [6.45, 7) is 13.7. The zero-order valence-electron chi connectivity index (χ0n) is 14.7. The Kier molecular flexibility index (Phi) is 4.54. The quantitative estimate of drug-likeness (QED) is 0.813.